The Morgan fingerprint density at radius 3 is 2.24 bits per heavy atom. The average molecular weight is 583 g/mol. The fourth-order valence-corrected chi connectivity index (χ4v) is 7.88. The van der Waals surface area contributed by atoms with Gasteiger partial charge in [-0.15, -0.1) is 0 Å². The lowest BCUT2D eigenvalue weighted by Gasteiger charge is -2.65. The average Bonchev–Trinajstić information content (AvgIpc) is 3.46. The van der Waals surface area contributed by atoms with Crippen LogP contribution in [0.2, 0.25) is 0 Å². The summed E-state index contributed by atoms with van der Waals surface area (Å²) in [4.78, 5) is 24.3. The molecule has 0 radical (unpaired) electrons. The van der Waals surface area contributed by atoms with Gasteiger partial charge in [0.2, 0.25) is 11.8 Å². The molecule has 0 atom stereocenters. The van der Waals surface area contributed by atoms with Gasteiger partial charge in [-0.05, 0) is 87.0 Å². The van der Waals surface area contributed by atoms with Crippen LogP contribution in [0.15, 0.2) is 47.1 Å². The molecule has 2 heterocycles. The van der Waals surface area contributed by atoms with Crippen LogP contribution in [-0.4, -0.2) is 33.2 Å². The fourth-order valence-electron chi connectivity index (χ4n) is 7.88. The zero-order valence-electron chi connectivity index (χ0n) is 23.8. The van der Waals surface area contributed by atoms with E-state index >= 15 is 0 Å². The van der Waals surface area contributed by atoms with E-state index in [-0.39, 0.29) is 41.9 Å². The molecule has 6 nitrogen and oxygen atoms in total. The summed E-state index contributed by atoms with van der Waals surface area (Å²) in [5, 5.41) is 4.20. The van der Waals surface area contributed by atoms with E-state index in [1.165, 1.54) is 12.3 Å². The van der Waals surface area contributed by atoms with Gasteiger partial charge < -0.3 is 9.42 Å². The zero-order chi connectivity index (χ0) is 29.5. The highest BCUT2D eigenvalue weighted by atomic mass is 19.4. The van der Waals surface area contributed by atoms with E-state index in [1.807, 2.05) is 36.9 Å². The monoisotopic (exact) mass is 582 g/mol. The van der Waals surface area contributed by atoms with Crippen LogP contribution in [0.5, 0.6) is 0 Å². The molecule has 2 aromatic heterocycles. The Bertz CT molecular complexity index is 1490. The van der Waals surface area contributed by atoms with Crippen molar-refractivity contribution in [1.82, 2.24) is 15.1 Å². The van der Waals surface area contributed by atoms with E-state index in [1.54, 1.807) is 6.07 Å². The highest BCUT2D eigenvalue weighted by molar-refractivity contribution is 6.00. The molecule has 6 aliphatic carbocycles. The third-order valence-electron chi connectivity index (χ3n) is 10.5. The van der Waals surface area contributed by atoms with E-state index in [9.17, 15) is 22.4 Å². The Balaban J connectivity index is 1.16. The summed E-state index contributed by atoms with van der Waals surface area (Å²) in [5.41, 5.74) is -1.12. The molecule has 0 unspecified atom stereocenters. The number of halogens is 4. The first-order valence-electron chi connectivity index (χ1n) is 14.8. The van der Waals surface area contributed by atoms with Crippen molar-refractivity contribution in [2.24, 2.45) is 10.8 Å². The number of fused-ring (bicyclic) bond motifs is 3. The molecule has 3 aromatic rings. The maximum Gasteiger partial charge on any atom is 0.433 e. The van der Waals surface area contributed by atoms with E-state index < -0.39 is 23.0 Å². The second kappa shape index (κ2) is 9.10. The molecule has 0 aliphatic heterocycles. The second-order valence-electron chi connectivity index (χ2n) is 13.7. The molecule has 1 amide bonds. The van der Waals surface area contributed by atoms with Crippen LogP contribution in [-0.2, 0) is 16.4 Å². The maximum absolute atomic E-state index is 14.5. The normalized spacial score (nSPS) is 31.5. The molecule has 0 N–H and O–H groups in total. The first kappa shape index (κ1) is 27.5. The SMILES string of the molecule is CC(C)c1noc(C23CCC(CN(C(=O)C45CC(F)(C4)C5)c4cccc(-c5ccc(C(F)(F)F)nc5)c4)(CC2)CC3)n1. The van der Waals surface area contributed by atoms with E-state index in [0.717, 1.165) is 56.3 Å². The number of anilines is 1. The number of pyridine rings is 1. The predicted molar refractivity (Wildman–Crippen MR) is 147 cm³/mol. The topological polar surface area (TPSA) is 72.1 Å². The van der Waals surface area contributed by atoms with E-state index in [2.05, 4.69) is 10.1 Å². The smallest absolute Gasteiger partial charge is 0.339 e. The number of hydrogen-bond donors (Lipinski definition) is 0. The lowest BCUT2D eigenvalue weighted by Crippen LogP contribution is -2.71. The lowest BCUT2D eigenvalue weighted by molar-refractivity contribution is -0.211. The summed E-state index contributed by atoms with van der Waals surface area (Å²) < 4.78 is 59.5. The minimum absolute atomic E-state index is 0.0417. The summed E-state index contributed by atoms with van der Waals surface area (Å²) >= 11 is 0. The van der Waals surface area contributed by atoms with Gasteiger partial charge in [-0.2, -0.15) is 18.2 Å². The predicted octanol–water partition coefficient (Wildman–Crippen LogP) is 7.79. The molecule has 6 aliphatic rings. The Morgan fingerprint density at radius 1 is 1.00 bits per heavy atom. The van der Waals surface area contributed by atoms with Crippen molar-refractivity contribution < 1.29 is 26.9 Å². The zero-order valence-corrected chi connectivity index (χ0v) is 23.8. The highest BCUT2D eigenvalue weighted by Crippen LogP contribution is 2.70. The van der Waals surface area contributed by atoms with Gasteiger partial charge in [0.05, 0.1) is 5.41 Å². The van der Waals surface area contributed by atoms with Gasteiger partial charge in [-0.1, -0.05) is 37.2 Å². The number of nitrogens with zero attached hydrogens (tertiary/aromatic N) is 4. The Kier molecular flexibility index (Phi) is 5.96. The third-order valence-corrected chi connectivity index (χ3v) is 10.5. The van der Waals surface area contributed by atoms with Crippen LogP contribution < -0.4 is 4.90 Å². The van der Waals surface area contributed by atoms with Crippen molar-refractivity contribution in [3.8, 4) is 11.1 Å². The lowest BCUT2D eigenvalue weighted by atomic mass is 9.41. The molecule has 0 spiro atoms. The van der Waals surface area contributed by atoms with Gasteiger partial charge in [-0.25, -0.2) is 4.39 Å². The molecule has 1 aromatic carbocycles. The van der Waals surface area contributed by atoms with Crippen LogP contribution in [0, 0.1) is 10.8 Å². The summed E-state index contributed by atoms with van der Waals surface area (Å²) in [6.45, 7) is 4.62. The Morgan fingerprint density at radius 2 is 1.69 bits per heavy atom. The van der Waals surface area contributed by atoms with Crippen molar-refractivity contribution in [2.45, 2.75) is 94.8 Å². The summed E-state index contributed by atoms with van der Waals surface area (Å²) in [5.74, 6) is 1.61. The summed E-state index contributed by atoms with van der Waals surface area (Å²) in [6, 6.07) is 9.70. The molecule has 222 valence electrons. The maximum atomic E-state index is 14.5. The number of aromatic nitrogens is 3. The third kappa shape index (κ3) is 4.35. The number of carbonyl (C=O) groups is 1. The fraction of sp³-hybridized carbons (Fsp3) is 0.562. The van der Waals surface area contributed by atoms with Crippen LogP contribution in [0.3, 0.4) is 0 Å². The molecular formula is C32H34F4N4O2. The number of alkyl halides is 4. The molecule has 0 saturated heterocycles. The van der Waals surface area contributed by atoms with Gasteiger partial charge in [-0.3, -0.25) is 9.78 Å². The quantitative estimate of drug-likeness (QED) is 0.266. The first-order valence-corrected chi connectivity index (χ1v) is 14.8. The number of benzene rings is 1. The minimum Gasteiger partial charge on any atom is -0.339 e. The standard InChI is InChI=1S/C32H34F4N4O2/c1-20(2)25-38-26(42-39-25)29-11-8-28(9-12-29,10-13-29)19-40(27(41)30-16-31(33,17-30)18-30)23-5-3-4-21(14-23)22-6-7-24(37-15-22)32(34,35)36/h3-7,14-15,20H,8-13,16-19H2,1-2H3. The van der Waals surface area contributed by atoms with Gasteiger partial charge in [0.25, 0.3) is 0 Å². The van der Waals surface area contributed by atoms with Crippen LogP contribution in [0.1, 0.15) is 95.0 Å². The first-order chi connectivity index (χ1) is 19.8. The van der Waals surface area contributed by atoms with Crippen LogP contribution in [0.4, 0.5) is 23.2 Å². The van der Waals surface area contributed by atoms with Crippen molar-refractivity contribution in [3.05, 3.63) is 60.0 Å². The molecule has 9 rings (SSSR count). The van der Waals surface area contributed by atoms with Gasteiger partial charge in [0, 0.05) is 35.3 Å². The summed E-state index contributed by atoms with van der Waals surface area (Å²) in [6.07, 6.45) is 2.97. The van der Waals surface area contributed by atoms with Crippen molar-refractivity contribution in [2.75, 3.05) is 11.4 Å². The Labute approximate surface area is 241 Å². The van der Waals surface area contributed by atoms with Gasteiger partial charge >= 0.3 is 6.18 Å². The van der Waals surface area contributed by atoms with Crippen molar-refractivity contribution >= 4 is 11.6 Å². The van der Waals surface area contributed by atoms with Crippen LogP contribution >= 0.6 is 0 Å². The number of carbonyl (C=O) groups excluding carboxylic acids is 1. The minimum atomic E-state index is -4.52. The molecule has 42 heavy (non-hydrogen) atoms. The van der Waals surface area contributed by atoms with Gasteiger partial charge in [0.1, 0.15) is 11.4 Å². The Hall–Kier alpha value is -3.30. The molecule has 6 saturated carbocycles. The largest absolute Gasteiger partial charge is 0.433 e. The molecule has 6 fully saturated rings. The van der Waals surface area contributed by atoms with E-state index in [4.69, 9.17) is 9.51 Å². The number of rotatable bonds is 7. The molecule has 4 bridgehead atoms. The molecular weight excluding hydrogens is 548 g/mol. The van der Waals surface area contributed by atoms with Crippen LogP contribution in [0.25, 0.3) is 11.1 Å². The second-order valence-corrected chi connectivity index (χ2v) is 13.7. The van der Waals surface area contributed by atoms with Crippen molar-refractivity contribution in [3.63, 3.8) is 0 Å². The highest BCUT2D eigenvalue weighted by Gasteiger charge is 2.73. The number of amides is 1. The number of hydrogen-bond acceptors (Lipinski definition) is 5. The summed E-state index contributed by atoms with van der Waals surface area (Å²) in [7, 11) is 0. The van der Waals surface area contributed by atoms with Crippen molar-refractivity contribution in [1.29, 1.82) is 0 Å². The van der Waals surface area contributed by atoms with E-state index in [0.29, 0.717) is 23.4 Å². The van der Waals surface area contributed by atoms with Gasteiger partial charge in [0.15, 0.2) is 5.82 Å². The molecule has 10 heteroatoms.